The number of sulfonamides is 1. The maximum Gasteiger partial charge on any atom is 0.243 e. The number of nitrogens with one attached hydrogen (secondary N) is 1. The molecule has 1 aromatic rings. The maximum absolute atomic E-state index is 12.1. The largest absolute Gasteiger partial charge is 0.272 e. The number of nitrogens with zero attached hydrogens (tertiary/aromatic N) is 2. The second kappa shape index (κ2) is 7.65. The molecule has 1 N–H and O–H groups in total. The molecule has 0 aliphatic heterocycles. The normalized spacial score (nSPS) is 13.6. The number of unbranched alkanes of at least 4 members (excludes halogenated alkanes) is 3. The zero-order chi connectivity index (χ0) is 14.3. The number of rotatable bonds is 9. The molecule has 5 nitrogen and oxygen atoms in total. The fourth-order valence-electron chi connectivity index (χ4n) is 1.93. The van der Waals surface area contributed by atoms with Crippen LogP contribution in [-0.4, -0.2) is 24.2 Å². The van der Waals surface area contributed by atoms with E-state index in [9.17, 15) is 8.42 Å². The predicted molar refractivity (Wildman–Crippen MR) is 76.4 cm³/mol. The van der Waals surface area contributed by atoms with Gasteiger partial charge in [0.2, 0.25) is 10.0 Å². The molecule has 0 aliphatic carbocycles. The Kier molecular flexibility index (Phi) is 6.51. The van der Waals surface area contributed by atoms with E-state index in [1.165, 1.54) is 19.0 Å². The van der Waals surface area contributed by atoms with E-state index >= 15 is 0 Å². The van der Waals surface area contributed by atoms with Crippen molar-refractivity contribution < 1.29 is 8.42 Å². The molecule has 0 fully saturated rings. The quantitative estimate of drug-likeness (QED) is 0.710. The van der Waals surface area contributed by atoms with Crippen LogP contribution in [0.2, 0.25) is 0 Å². The van der Waals surface area contributed by atoms with E-state index < -0.39 is 10.0 Å². The molecule has 0 aromatic carbocycles. The first kappa shape index (κ1) is 16.2. The third-order valence-corrected chi connectivity index (χ3v) is 4.63. The van der Waals surface area contributed by atoms with Crippen LogP contribution < -0.4 is 4.72 Å². The van der Waals surface area contributed by atoms with E-state index in [1.807, 2.05) is 13.8 Å². The van der Waals surface area contributed by atoms with Crippen molar-refractivity contribution in [2.24, 2.45) is 0 Å². The summed E-state index contributed by atoms with van der Waals surface area (Å²) < 4.78 is 28.5. The lowest BCUT2D eigenvalue weighted by Crippen LogP contribution is -2.32. The summed E-state index contributed by atoms with van der Waals surface area (Å²) in [5.41, 5.74) is 0. The van der Waals surface area contributed by atoms with Gasteiger partial charge in [-0.2, -0.15) is 5.10 Å². The van der Waals surface area contributed by atoms with Crippen molar-refractivity contribution >= 4 is 10.0 Å². The molecule has 1 unspecified atom stereocenters. The van der Waals surface area contributed by atoms with Crippen LogP contribution in [0.25, 0.3) is 0 Å². The average Bonchev–Trinajstić information content (AvgIpc) is 2.83. The highest BCUT2D eigenvalue weighted by molar-refractivity contribution is 7.89. The molecule has 1 atom stereocenters. The highest BCUT2D eigenvalue weighted by Gasteiger charge is 2.18. The molecule has 1 rings (SSSR count). The molecule has 6 heteroatoms. The Morgan fingerprint density at radius 3 is 2.63 bits per heavy atom. The Balaban J connectivity index is 2.49. The first-order valence-electron chi connectivity index (χ1n) is 7.04. The zero-order valence-electron chi connectivity index (χ0n) is 12.1. The first-order chi connectivity index (χ1) is 8.99. The van der Waals surface area contributed by atoms with Gasteiger partial charge in [-0.1, -0.05) is 32.6 Å². The summed E-state index contributed by atoms with van der Waals surface area (Å²) in [7, 11) is -3.42. The lowest BCUT2D eigenvalue weighted by Gasteiger charge is -2.13. The van der Waals surface area contributed by atoms with Gasteiger partial charge in [0, 0.05) is 18.8 Å². The molecule has 0 saturated heterocycles. The van der Waals surface area contributed by atoms with Gasteiger partial charge in [0.25, 0.3) is 0 Å². The van der Waals surface area contributed by atoms with Crippen LogP contribution in [0.15, 0.2) is 17.3 Å². The number of hydrogen-bond donors (Lipinski definition) is 1. The fraction of sp³-hybridized carbons (Fsp3) is 0.769. The third-order valence-electron chi connectivity index (χ3n) is 3.09. The summed E-state index contributed by atoms with van der Waals surface area (Å²) in [6.07, 6.45) is 8.46. The molecule has 0 aliphatic rings. The average molecular weight is 287 g/mol. The van der Waals surface area contributed by atoms with Crippen LogP contribution in [0.5, 0.6) is 0 Å². The van der Waals surface area contributed by atoms with E-state index in [1.54, 1.807) is 10.9 Å². The molecule has 0 spiro atoms. The predicted octanol–water partition coefficient (Wildman–Crippen LogP) is 2.54. The summed E-state index contributed by atoms with van der Waals surface area (Å²) in [5.74, 6) is 0. The highest BCUT2D eigenvalue weighted by atomic mass is 32.2. The van der Waals surface area contributed by atoms with Crippen molar-refractivity contribution in [2.45, 2.75) is 70.4 Å². The van der Waals surface area contributed by atoms with Crippen molar-refractivity contribution in [3.63, 3.8) is 0 Å². The Labute approximate surface area is 116 Å². The Hall–Kier alpha value is -0.880. The molecule has 0 saturated carbocycles. The summed E-state index contributed by atoms with van der Waals surface area (Å²) in [4.78, 5) is 0.245. The molecular formula is C13H25N3O2S. The van der Waals surface area contributed by atoms with Gasteiger partial charge >= 0.3 is 0 Å². The van der Waals surface area contributed by atoms with Gasteiger partial charge < -0.3 is 0 Å². The molecule has 1 heterocycles. The lowest BCUT2D eigenvalue weighted by molar-refractivity contribution is 0.522. The minimum absolute atomic E-state index is 0.0353. The standard InChI is InChI=1S/C13H25N3O2S/c1-4-6-7-8-9-12(3)15-19(17,18)13-10-14-16(5-2)11-13/h10-12,15H,4-9H2,1-3H3. The third kappa shape index (κ3) is 5.32. The summed E-state index contributed by atoms with van der Waals surface area (Å²) in [5, 5.41) is 3.99. The molecule has 1 aromatic heterocycles. The van der Waals surface area contributed by atoms with Gasteiger partial charge in [-0.05, 0) is 20.3 Å². The second-order valence-electron chi connectivity index (χ2n) is 4.90. The Morgan fingerprint density at radius 1 is 1.32 bits per heavy atom. The lowest BCUT2D eigenvalue weighted by atomic mass is 10.1. The van der Waals surface area contributed by atoms with Gasteiger partial charge in [0.1, 0.15) is 4.90 Å². The Morgan fingerprint density at radius 2 is 2.05 bits per heavy atom. The summed E-state index contributed by atoms with van der Waals surface area (Å²) in [6.45, 7) is 6.67. The number of hydrogen-bond acceptors (Lipinski definition) is 3. The van der Waals surface area contributed by atoms with Crippen molar-refractivity contribution in [1.29, 1.82) is 0 Å². The monoisotopic (exact) mass is 287 g/mol. The maximum atomic E-state index is 12.1. The second-order valence-corrected chi connectivity index (χ2v) is 6.62. The van der Waals surface area contributed by atoms with Crippen LogP contribution in [0.4, 0.5) is 0 Å². The van der Waals surface area contributed by atoms with Crippen LogP contribution in [0, 0.1) is 0 Å². The van der Waals surface area contributed by atoms with Crippen LogP contribution >= 0.6 is 0 Å². The van der Waals surface area contributed by atoms with Gasteiger partial charge in [-0.3, -0.25) is 4.68 Å². The minimum atomic E-state index is -3.42. The van der Waals surface area contributed by atoms with Gasteiger partial charge in [-0.15, -0.1) is 0 Å². The van der Waals surface area contributed by atoms with Gasteiger partial charge in [0.05, 0.1) is 6.20 Å². The van der Waals surface area contributed by atoms with E-state index in [-0.39, 0.29) is 10.9 Å². The van der Waals surface area contributed by atoms with Gasteiger partial charge in [-0.25, -0.2) is 13.1 Å². The molecule has 0 radical (unpaired) electrons. The molecule has 19 heavy (non-hydrogen) atoms. The van der Waals surface area contributed by atoms with E-state index in [0.717, 1.165) is 19.3 Å². The number of aromatic nitrogens is 2. The van der Waals surface area contributed by atoms with Crippen molar-refractivity contribution in [2.75, 3.05) is 0 Å². The highest BCUT2D eigenvalue weighted by Crippen LogP contribution is 2.11. The van der Waals surface area contributed by atoms with Crippen LogP contribution in [-0.2, 0) is 16.6 Å². The van der Waals surface area contributed by atoms with Crippen LogP contribution in [0.1, 0.15) is 52.9 Å². The van der Waals surface area contributed by atoms with E-state index in [0.29, 0.717) is 6.54 Å². The number of aryl methyl sites for hydroxylation is 1. The topological polar surface area (TPSA) is 64.0 Å². The van der Waals surface area contributed by atoms with E-state index in [4.69, 9.17) is 0 Å². The SMILES string of the molecule is CCCCCCC(C)NS(=O)(=O)c1cnn(CC)c1. The summed E-state index contributed by atoms with van der Waals surface area (Å²) in [6, 6.07) is -0.0353. The van der Waals surface area contributed by atoms with Crippen molar-refractivity contribution in [3.8, 4) is 0 Å². The molecule has 110 valence electrons. The molecule has 0 bridgehead atoms. The molecule has 0 amide bonds. The fourth-order valence-corrected chi connectivity index (χ4v) is 3.16. The van der Waals surface area contributed by atoms with Crippen molar-refractivity contribution in [1.82, 2.24) is 14.5 Å². The van der Waals surface area contributed by atoms with Crippen LogP contribution in [0.3, 0.4) is 0 Å². The van der Waals surface area contributed by atoms with Gasteiger partial charge in [0.15, 0.2) is 0 Å². The first-order valence-corrected chi connectivity index (χ1v) is 8.52. The summed E-state index contributed by atoms with van der Waals surface area (Å²) >= 11 is 0. The Bertz CT molecular complexity index is 468. The minimum Gasteiger partial charge on any atom is -0.272 e. The molecular weight excluding hydrogens is 262 g/mol. The zero-order valence-corrected chi connectivity index (χ0v) is 12.9. The smallest absolute Gasteiger partial charge is 0.243 e. The van der Waals surface area contributed by atoms with E-state index in [2.05, 4.69) is 16.7 Å². The van der Waals surface area contributed by atoms with Crippen molar-refractivity contribution in [3.05, 3.63) is 12.4 Å².